The largest absolute Gasteiger partial charge is 0.371 e. The van der Waals surface area contributed by atoms with Crippen molar-refractivity contribution in [1.29, 1.82) is 0 Å². The summed E-state index contributed by atoms with van der Waals surface area (Å²) >= 11 is 0. The number of benzene rings is 1. The van der Waals surface area contributed by atoms with Crippen LogP contribution in [0.2, 0.25) is 0 Å². The van der Waals surface area contributed by atoms with E-state index in [-0.39, 0.29) is 0 Å². The molecule has 4 aliphatic rings. The van der Waals surface area contributed by atoms with E-state index in [1.807, 2.05) is 0 Å². The number of hydrogen-bond donors (Lipinski definition) is 1. The van der Waals surface area contributed by atoms with Gasteiger partial charge in [-0.15, -0.1) is 0 Å². The molecular weight excluding hydrogens is 256 g/mol. The van der Waals surface area contributed by atoms with Gasteiger partial charge in [0, 0.05) is 12.0 Å². The minimum atomic E-state index is 0.562. The maximum atomic E-state index is 5.20. The Kier molecular flexibility index (Phi) is 3.71. The van der Waals surface area contributed by atoms with E-state index in [1.165, 1.54) is 62.8 Å². The summed E-state index contributed by atoms with van der Waals surface area (Å²) < 4.78 is 0. The third-order valence-corrected chi connectivity index (χ3v) is 5.73. The highest BCUT2D eigenvalue weighted by atomic mass is 15.1. The van der Waals surface area contributed by atoms with Gasteiger partial charge in [0.2, 0.25) is 0 Å². The molecule has 2 atom stereocenters. The number of aliphatic imine (C=N–C) groups is 1. The van der Waals surface area contributed by atoms with Crippen molar-refractivity contribution < 1.29 is 0 Å². The zero-order valence-electron chi connectivity index (χ0n) is 12.8. The molecule has 0 amide bonds. The minimum Gasteiger partial charge on any atom is -0.371 e. The third-order valence-electron chi connectivity index (χ3n) is 5.73. The van der Waals surface area contributed by atoms with Crippen molar-refractivity contribution in [2.24, 2.45) is 16.8 Å². The predicted molar refractivity (Wildman–Crippen MR) is 87.6 cm³/mol. The topological polar surface area (TPSA) is 24.4 Å². The molecule has 5 rings (SSSR count). The first kappa shape index (κ1) is 13.4. The van der Waals surface area contributed by atoms with Crippen LogP contribution >= 0.6 is 0 Å². The lowest BCUT2D eigenvalue weighted by atomic mass is 9.80. The molecule has 2 saturated heterocycles. The van der Waals surface area contributed by atoms with E-state index >= 15 is 0 Å². The number of hydrogen-bond acceptors (Lipinski definition) is 1. The van der Waals surface area contributed by atoms with Crippen LogP contribution in [0, 0.1) is 11.8 Å². The highest BCUT2D eigenvalue weighted by Crippen LogP contribution is 2.35. The van der Waals surface area contributed by atoms with E-state index < -0.39 is 0 Å². The van der Waals surface area contributed by atoms with Crippen LogP contribution < -0.4 is 5.32 Å². The molecule has 0 radical (unpaired) electrons. The Morgan fingerprint density at radius 3 is 2.48 bits per heavy atom. The Labute approximate surface area is 128 Å². The van der Waals surface area contributed by atoms with Gasteiger partial charge in [0.25, 0.3) is 0 Å². The second-order valence-corrected chi connectivity index (χ2v) is 7.16. The zero-order valence-corrected chi connectivity index (χ0v) is 12.8. The maximum Gasteiger partial charge on any atom is 0.1000 e. The Morgan fingerprint density at radius 1 is 0.952 bits per heavy atom. The quantitative estimate of drug-likeness (QED) is 0.891. The van der Waals surface area contributed by atoms with Crippen molar-refractivity contribution in [3.8, 4) is 0 Å². The highest BCUT2D eigenvalue weighted by molar-refractivity contribution is 5.86. The lowest BCUT2D eigenvalue weighted by molar-refractivity contribution is 0.315. The number of nitrogens with zero attached hydrogens (tertiary/aromatic N) is 1. The van der Waals surface area contributed by atoms with Crippen molar-refractivity contribution in [3.05, 3.63) is 35.9 Å². The zero-order chi connectivity index (χ0) is 14.1. The molecule has 2 bridgehead atoms. The van der Waals surface area contributed by atoms with Gasteiger partial charge in [0.1, 0.15) is 0 Å². The molecule has 21 heavy (non-hydrogen) atoms. The van der Waals surface area contributed by atoms with Crippen LogP contribution in [0.5, 0.6) is 0 Å². The molecule has 1 aromatic rings. The molecule has 1 N–H and O–H groups in total. The first-order valence-corrected chi connectivity index (χ1v) is 8.76. The minimum absolute atomic E-state index is 0.562. The summed E-state index contributed by atoms with van der Waals surface area (Å²) in [7, 11) is 0. The van der Waals surface area contributed by atoms with Crippen LogP contribution in [0.15, 0.2) is 35.3 Å². The Morgan fingerprint density at radius 2 is 1.76 bits per heavy atom. The third kappa shape index (κ3) is 2.86. The summed E-state index contributed by atoms with van der Waals surface area (Å²) in [6, 6.07) is 12.3. The van der Waals surface area contributed by atoms with Gasteiger partial charge in [-0.2, -0.15) is 0 Å². The Bertz CT molecular complexity index is 500. The molecule has 2 saturated carbocycles. The van der Waals surface area contributed by atoms with Crippen LogP contribution in [-0.4, -0.2) is 17.9 Å². The highest BCUT2D eigenvalue weighted by Gasteiger charge is 2.34. The SMILES string of the molecule is c1ccc(C[C@@H]2CCC[C@@H]2N=C2NC3CCC2CC3)cc1. The fraction of sp³-hybridized carbons (Fsp3) is 0.632. The summed E-state index contributed by atoms with van der Waals surface area (Å²) in [5.74, 6) is 2.86. The smallest absolute Gasteiger partial charge is 0.1000 e. The fourth-order valence-corrected chi connectivity index (χ4v) is 4.50. The maximum absolute atomic E-state index is 5.20. The number of fused-ring (bicyclic) bond motifs is 3. The monoisotopic (exact) mass is 282 g/mol. The lowest BCUT2D eigenvalue weighted by Crippen LogP contribution is -2.49. The summed E-state index contributed by atoms with van der Waals surface area (Å²) in [4.78, 5) is 5.20. The molecule has 0 spiro atoms. The number of nitrogens with one attached hydrogen (secondary N) is 1. The van der Waals surface area contributed by atoms with E-state index in [0.717, 1.165) is 17.9 Å². The molecule has 0 aromatic heterocycles. The summed E-state index contributed by atoms with van der Waals surface area (Å²) in [5.41, 5.74) is 1.48. The standard InChI is InChI=1S/C19H26N2/c1-2-5-14(6-3-1)13-16-7-4-8-18(16)21-19-15-9-11-17(20-19)12-10-15/h1-3,5-6,15-18H,4,7-13H2,(H,20,21)/t15?,16-,17?,18-/m0/s1. The van der Waals surface area contributed by atoms with Gasteiger partial charge in [-0.05, 0) is 56.4 Å². The molecule has 112 valence electrons. The summed E-state index contributed by atoms with van der Waals surface area (Å²) in [5, 5.41) is 3.71. The van der Waals surface area contributed by atoms with Crippen LogP contribution in [0.4, 0.5) is 0 Å². The van der Waals surface area contributed by atoms with Crippen molar-refractivity contribution in [1.82, 2.24) is 5.32 Å². The first-order chi connectivity index (χ1) is 10.4. The Hall–Kier alpha value is -1.31. The van der Waals surface area contributed by atoms with Crippen molar-refractivity contribution in [2.45, 2.75) is 63.5 Å². The lowest BCUT2D eigenvalue weighted by Gasteiger charge is -2.39. The second-order valence-electron chi connectivity index (χ2n) is 7.16. The van der Waals surface area contributed by atoms with Crippen LogP contribution in [0.25, 0.3) is 0 Å². The van der Waals surface area contributed by atoms with Gasteiger partial charge in [0.05, 0.1) is 11.9 Å². The van der Waals surface area contributed by atoms with Crippen molar-refractivity contribution in [3.63, 3.8) is 0 Å². The van der Waals surface area contributed by atoms with E-state index in [1.54, 1.807) is 0 Å². The predicted octanol–water partition coefficient (Wildman–Crippen LogP) is 3.96. The van der Waals surface area contributed by atoms with Gasteiger partial charge in [0.15, 0.2) is 0 Å². The van der Waals surface area contributed by atoms with E-state index in [9.17, 15) is 0 Å². The summed E-state index contributed by atoms with van der Waals surface area (Å²) in [6.45, 7) is 0. The molecule has 2 heteroatoms. The average Bonchev–Trinajstić information content (AvgIpc) is 2.96. The van der Waals surface area contributed by atoms with Gasteiger partial charge in [-0.1, -0.05) is 36.8 Å². The van der Waals surface area contributed by atoms with Crippen LogP contribution in [0.3, 0.4) is 0 Å². The number of amidine groups is 1. The second kappa shape index (κ2) is 5.82. The Balaban J connectivity index is 1.46. The van der Waals surface area contributed by atoms with Gasteiger partial charge in [-0.25, -0.2) is 0 Å². The number of piperidine rings is 2. The van der Waals surface area contributed by atoms with E-state index in [2.05, 4.69) is 35.6 Å². The van der Waals surface area contributed by atoms with E-state index in [4.69, 9.17) is 4.99 Å². The molecule has 2 aliphatic heterocycles. The van der Waals surface area contributed by atoms with Crippen LogP contribution in [0.1, 0.15) is 50.5 Å². The molecule has 0 unspecified atom stereocenters. The van der Waals surface area contributed by atoms with Gasteiger partial charge >= 0.3 is 0 Å². The van der Waals surface area contributed by atoms with Crippen molar-refractivity contribution in [2.75, 3.05) is 0 Å². The molecular formula is C19H26N2. The summed E-state index contributed by atoms with van der Waals surface area (Å²) in [6.07, 6.45) is 10.7. The molecule has 1 aromatic carbocycles. The molecule has 2 heterocycles. The van der Waals surface area contributed by atoms with Gasteiger partial charge in [-0.3, -0.25) is 4.99 Å². The van der Waals surface area contributed by atoms with Crippen LogP contribution in [-0.2, 0) is 6.42 Å². The van der Waals surface area contributed by atoms with Gasteiger partial charge < -0.3 is 5.32 Å². The number of rotatable bonds is 3. The van der Waals surface area contributed by atoms with Crippen molar-refractivity contribution >= 4 is 5.84 Å². The molecule has 4 fully saturated rings. The fourth-order valence-electron chi connectivity index (χ4n) is 4.50. The average molecular weight is 282 g/mol. The normalized spacial score (nSPS) is 36.9. The van der Waals surface area contributed by atoms with E-state index in [0.29, 0.717) is 6.04 Å². The first-order valence-electron chi connectivity index (χ1n) is 8.76. The molecule has 2 nitrogen and oxygen atoms in total. The molecule has 2 aliphatic carbocycles.